The number of pyridine rings is 2. The highest BCUT2D eigenvalue weighted by Gasteiger charge is 2.31. The number of urea groups is 1. The van der Waals surface area contributed by atoms with Crippen LogP contribution < -0.4 is 10.6 Å². The Morgan fingerprint density at radius 3 is 2.53 bits per heavy atom. The lowest BCUT2D eigenvalue weighted by atomic mass is 10.1. The molecule has 4 heterocycles. The highest BCUT2D eigenvalue weighted by atomic mass is 35.5. The number of hydrogen-bond acceptors (Lipinski definition) is 8. The van der Waals surface area contributed by atoms with E-state index >= 15 is 0 Å². The number of rotatable bonds is 7. The van der Waals surface area contributed by atoms with Crippen LogP contribution in [0.15, 0.2) is 48.1 Å². The summed E-state index contributed by atoms with van der Waals surface area (Å²) < 4.78 is 5.32. The van der Waals surface area contributed by atoms with Crippen molar-refractivity contribution in [2.75, 3.05) is 30.3 Å². The number of amides is 2. The zero-order valence-electron chi connectivity index (χ0n) is 18.8. The first-order valence-corrected chi connectivity index (χ1v) is 11.8. The molecule has 1 aliphatic heterocycles. The first-order chi connectivity index (χ1) is 16.1. The number of piperidine rings is 1. The third kappa shape index (κ3) is 6.49. The van der Waals surface area contributed by atoms with E-state index in [-0.39, 0.29) is 18.4 Å². The van der Waals surface area contributed by atoms with Crippen LogP contribution in [0.25, 0.3) is 10.6 Å². The molecular formula is C23H27ClN6O3S. The van der Waals surface area contributed by atoms with Crippen molar-refractivity contribution in [1.29, 1.82) is 0 Å². The fourth-order valence-electron chi connectivity index (χ4n) is 3.75. The Kier molecular flexibility index (Phi) is 9.32. The second-order valence-corrected chi connectivity index (χ2v) is 8.41. The topological polar surface area (TPSA) is 109 Å². The molecule has 0 aliphatic carbocycles. The summed E-state index contributed by atoms with van der Waals surface area (Å²) in [6.07, 6.45) is 6.61. The molecular weight excluding hydrogens is 476 g/mol. The summed E-state index contributed by atoms with van der Waals surface area (Å²) in [5.41, 5.74) is 1.49. The van der Waals surface area contributed by atoms with Gasteiger partial charge in [-0.2, -0.15) is 0 Å². The van der Waals surface area contributed by atoms with E-state index in [4.69, 9.17) is 4.74 Å². The first-order valence-electron chi connectivity index (χ1n) is 11.0. The monoisotopic (exact) mass is 502 g/mol. The molecule has 3 aromatic heterocycles. The molecule has 1 aliphatic rings. The standard InChI is InChI=1S/C23H26N6O3S.ClH/c1-2-32-22(30)20(29-13-4-3-5-14-29)17-7-6-8-18(25-17)27-23(31)28-19-15-33-21(26-19)16-9-11-24-12-10-16;/h6-12,15,20H,2-5,13-14H2,1H3,(H2,25,27,28,31);1H. The summed E-state index contributed by atoms with van der Waals surface area (Å²) in [6, 6.07) is 7.93. The van der Waals surface area contributed by atoms with Crippen LogP contribution in [-0.4, -0.2) is 51.5 Å². The number of nitrogens with zero attached hydrogens (tertiary/aromatic N) is 4. The van der Waals surface area contributed by atoms with E-state index in [9.17, 15) is 9.59 Å². The van der Waals surface area contributed by atoms with Gasteiger partial charge in [0, 0.05) is 23.3 Å². The Bertz CT molecular complexity index is 1090. The average Bonchev–Trinajstić information content (AvgIpc) is 3.29. The number of anilines is 2. The first kappa shape index (κ1) is 25.5. The summed E-state index contributed by atoms with van der Waals surface area (Å²) in [7, 11) is 0. The van der Waals surface area contributed by atoms with Crippen molar-refractivity contribution in [3.63, 3.8) is 0 Å². The summed E-state index contributed by atoms with van der Waals surface area (Å²) in [6.45, 7) is 3.72. The Morgan fingerprint density at radius 2 is 1.79 bits per heavy atom. The minimum Gasteiger partial charge on any atom is -0.465 e. The molecule has 1 saturated heterocycles. The molecule has 0 saturated carbocycles. The highest BCUT2D eigenvalue weighted by Crippen LogP contribution is 2.27. The van der Waals surface area contributed by atoms with Gasteiger partial charge in [-0.1, -0.05) is 12.5 Å². The fraction of sp³-hybridized carbons (Fsp3) is 0.348. The molecule has 9 nitrogen and oxygen atoms in total. The van der Waals surface area contributed by atoms with Crippen molar-refractivity contribution < 1.29 is 14.3 Å². The molecule has 0 bridgehead atoms. The average molecular weight is 503 g/mol. The Labute approximate surface area is 208 Å². The minimum atomic E-state index is -0.587. The van der Waals surface area contributed by atoms with Crippen LogP contribution in [0.4, 0.5) is 16.4 Å². The van der Waals surface area contributed by atoms with Gasteiger partial charge in [0.15, 0.2) is 6.04 Å². The molecule has 0 spiro atoms. The number of halogens is 1. The van der Waals surface area contributed by atoms with E-state index in [1.165, 1.54) is 11.3 Å². The number of thiazole rings is 1. The molecule has 2 amide bonds. The minimum absolute atomic E-state index is 0. The zero-order valence-corrected chi connectivity index (χ0v) is 20.4. The number of carbonyl (C=O) groups excluding carboxylic acids is 2. The van der Waals surface area contributed by atoms with Gasteiger partial charge in [0.1, 0.15) is 16.6 Å². The number of carbonyl (C=O) groups is 2. The number of aromatic nitrogens is 3. The van der Waals surface area contributed by atoms with Gasteiger partial charge in [-0.15, -0.1) is 23.7 Å². The summed E-state index contributed by atoms with van der Waals surface area (Å²) >= 11 is 1.43. The maximum atomic E-state index is 12.7. The third-order valence-electron chi connectivity index (χ3n) is 5.23. The predicted octanol–water partition coefficient (Wildman–Crippen LogP) is 4.76. The molecule has 11 heteroatoms. The largest absolute Gasteiger partial charge is 0.465 e. The SMILES string of the molecule is CCOC(=O)C(c1cccc(NC(=O)Nc2csc(-c3ccncc3)n2)n1)N1CCCCC1.Cl. The lowest BCUT2D eigenvalue weighted by molar-refractivity contribution is -0.150. The number of esters is 1. The van der Waals surface area contributed by atoms with Crippen molar-refractivity contribution in [1.82, 2.24) is 19.9 Å². The maximum Gasteiger partial charge on any atom is 0.329 e. The molecule has 3 aromatic rings. The van der Waals surface area contributed by atoms with Crippen molar-refractivity contribution in [3.8, 4) is 10.6 Å². The smallest absolute Gasteiger partial charge is 0.329 e. The van der Waals surface area contributed by atoms with E-state index < -0.39 is 12.1 Å². The maximum absolute atomic E-state index is 12.7. The van der Waals surface area contributed by atoms with Crippen LogP contribution >= 0.6 is 23.7 Å². The van der Waals surface area contributed by atoms with Gasteiger partial charge >= 0.3 is 12.0 Å². The van der Waals surface area contributed by atoms with Crippen molar-refractivity contribution in [3.05, 3.63) is 53.8 Å². The molecule has 0 radical (unpaired) electrons. The fourth-order valence-corrected chi connectivity index (χ4v) is 4.51. The molecule has 0 aromatic carbocycles. The zero-order chi connectivity index (χ0) is 23.0. The molecule has 1 unspecified atom stereocenters. The van der Waals surface area contributed by atoms with Gasteiger partial charge < -0.3 is 4.74 Å². The normalized spacial score (nSPS) is 14.5. The van der Waals surface area contributed by atoms with Crippen LogP contribution in [0.5, 0.6) is 0 Å². The highest BCUT2D eigenvalue weighted by molar-refractivity contribution is 7.13. The van der Waals surface area contributed by atoms with E-state index in [0.29, 0.717) is 23.9 Å². The second kappa shape index (κ2) is 12.4. The lowest BCUT2D eigenvalue weighted by Crippen LogP contribution is -2.39. The van der Waals surface area contributed by atoms with Crippen molar-refractivity contribution >= 4 is 47.4 Å². The van der Waals surface area contributed by atoms with Gasteiger partial charge in [-0.25, -0.2) is 19.6 Å². The molecule has 180 valence electrons. The van der Waals surface area contributed by atoms with Crippen LogP contribution in [0.3, 0.4) is 0 Å². The van der Waals surface area contributed by atoms with Gasteiger partial charge in [0.25, 0.3) is 0 Å². The predicted molar refractivity (Wildman–Crippen MR) is 134 cm³/mol. The van der Waals surface area contributed by atoms with Gasteiger partial charge in [-0.3, -0.25) is 20.5 Å². The van der Waals surface area contributed by atoms with Crippen molar-refractivity contribution in [2.45, 2.75) is 32.2 Å². The quantitative estimate of drug-likeness (QED) is 0.448. The molecule has 34 heavy (non-hydrogen) atoms. The lowest BCUT2D eigenvalue weighted by Gasteiger charge is -2.32. The van der Waals surface area contributed by atoms with Crippen molar-refractivity contribution in [2.24, 2.45) is 0 Å². The summed E-state index contributed by atoms with van der Waals surface area (Å²) in [5.74, 6) is 0.471. The summed E-state index contributed by atoms with van der Waals surface area (Å²) in [5, 5.41) is 8.01. The van der Waals surface area contributed by atoms with Gasteiger partial charge in [-0.05, 0) is 57.1 Å². The number of likely N-dealkylation sites (tertiary alicyclic amines) is 1. The van der Waals surface area contributed by atoms with E-state index in [1.807, 2.05) is 12.1 Å². The molecule has 1 fully saturated rings. The van der Waals surface area contributed by atoms with E-state index in [2.05, 4.69) is 30.5 Å². The van der Waals surface area contributed by atoms with Crippen LogP contribution in [-0.2, 0) is 9.53 Å². The third-order valence-corrected chi connectivity index (χ3v) is 6.12. The number of nitrogens with one attached hydrogen (secondary N) is 2. The van der Waals surface area contributed by atoms with Crippen LogP contribution in [0.1, 0.15) is 37.9 Å². The van der Waals surface area contributed by atoms with Crippen LogP contribution in [0.2, 0.25) is 0 Å². The number of ether oxygens (including phenoxy) is 1. The Hall–Kier alpha value is -3.08. The summed E-state index contributed by atoms with van der Waals surface area (Å²) in [4.78, 5) is 40.4. The van der Waals surface area contributed by atoms with Gasteiger partial charge in [0.2, 0.25) is 0 Å². The molecule has 2 N–H and O–H groups in total. The van der Waals surface area contributed by atoms with E-state index in [0.717, 1.165) is 42.9 Å². The Morgan fingerprint density at radius 1 is 1.06 bits per heavy atom. The molecule has 1 atom stereocenters. The van der Waals surface area contributed by atoms with Crippen LogP contribution in [0, 0.1) is 0 Å². The Balaban J connectivity index is 0.00000324. The second-order valence-electron chi connectivity index (χ2n) is 7.55. The van der Waals surface area contributed by atoms with Gasteiger partial charge in [0.05, 0.1) is 12.3 Å². The molecule has 4 rings (SSSR count). The number of hydrogen-bond donors (Lipinski definition) is 2. The van der Waals surface area contributed by atoms with E-state index in [1.54, 1.807) is 42.9 Å².